The molecule has 0 spiro atoms. The fraction of sp³-hybridized carbons (Fsp3) is 0.238. The molecule has 12 heteroatoms. The van der Waals surface area contributed by atoms with E-state index in [9.17, 15) is 9.18 Å². The second-order valence-electron chi connectivity index (χ2n) is 7.98. The number of imidazole rings is 2. The standard InChI is InChI=1S/C21H17BrFN9O/c22-14-5-6-30-11-25-16(20(30)19(14)23)7-24-21(33)17-10-31(29-27-17)8-13-9-32-18(26-13)4-3-15(28-32)12-1-2-12/h3-6,9-12H,1-2,7-8H2,(H,24,33). The lowest BCUT2D eigenvalue weighted by atomic mass is 10.3. The van der Waals surface area contributed by atoms with Gasteiger partial charge in [0.25, 0.3) is 5.91 Å². The van der Waals surface area contributed by atoms with Gasteiger partial charge in [-0.15, -0.1) is 5.10 Å². The van der Waals surface area contributed by atoms with Gasteiger partial charge in [0.2, 0.25) is 0 Å². The molecule has 1 saturated carbocycles. The predicted molar refractivity (Wildman–Crippen MR) is 118 cm³/mol. The van der Waals surface area contributed by atoms with Gasteiger partial charge in [0, 0.05) is 12.1 Å². The van der Waals surface area contributed by atoms with E-state index in [0.717, 1.165) is 17.0 Å². The third-order valence-corrected chi connectivity index (χ3v) is 6.18. The van der Waals surface area contributed by atoms with E-state index in [1.54, 1.807) is 32.1 Å². The fourth-order valence-electron chi connectivity index (χ4n) is 3.73. The molecule has 1 N–H and O–H groups in total. The molecule has 10 nitrogen and oxygen atoms in total. The van der Waals surface area contributed by atoms with Gasteiger partial charge < -0.3 is 9.72 Å². The highest BCUT2D eigenvalue weighted by atomic mass is 79.9. The van der Waals surface area contributed by atoms with Crippen LogP contribution >= 0.6 is 15.9 Å². The van der Waals surface area contributed by atoms with Crippen molar-refractivity contribution in [2.75, 3.05) is 0 Å². The molecule has 166 valence electrons. The predicted octanol–water partition coefficient (Wildman–Crippen LogP) is 2.73. The van der Waals surface area contributed by atoms with Gasteiger partial charge in [-0.1, -0.05) is 5.21 Å². The average molecular weight is 510 g/mol. The normalized spacial score (nSPS) is 13.8. The molecule has 5 heterocycles. The van der Waals surface area contributed by atoms with Crippen molar-refractivity contribution in [3.8, 4) is 0 Å². The number of hydrogen-bond acceptors (Lipinski definition) is 6. The van der Waals surface area contributed by atoms with Crippen LogP contribution in [0.15, 0.2) is 47.6 Å². The second-order valence-corrected chi connectivity index (χ2v) is 8.83. The van der Waals surface area contributed by atoms with Crippen molar-refractivity contribution in [1.82, 2.24) is 44.3 Å². The van der Waals surface area contributed by atoms with E-state index in [1.807, 2.05) is 18.3 Å². The molecular formula is C21H17BrFN9O. The highest BCUT2D eigenvalue weighted by molar-refractivity contribution is 9.10. The van der Waals surface area contributed by atoms with Crippen LogP contribution < -0.4 is 5.32 Å². The zero-order valence-electron chi connectivity index (χ0n) is 17.2. The summed E-state index contributed by atoms with van der Waals surface area (Å²) in [5.41, 5.74) is 3.48. The third-order valence-electron chi connectivity index (χ3n) is 5.57. The van der Waals surface area contributed by atoms with Crippen LogP contribution in [0.2, 0.25) is 0 Å². The van der Waals surface area contributed by atoms with Gasteiger partial charge in [-0.3, -0.25) is 4.79 Å². The van der Waals surface area contributed by atoms with E-state index in [2.05, 4.69) is 46.6 Å². The van der Waals surface area contributed by atoms with Gasteiger partial charge >= 0.3 is 0 Å². The molecule has 6 rings (SSSR count). The summed E-state index contributed by atoms with van der Waals surface area (Å²) in [6.45, 7) is 0.407. The molecule has 1 fully saturated rings. The maximum absolute atomic E-state index is 14.4. The Bertz CT molecular complexity index is 1520. The van der Waals surface area contributed by atoms with E-state index in [-0.39, 0.29) is 12.2 Å². The van der Waals surface area contributed by atoms with Crippen LogP contribution in [0.25, 0.3) is 11.2 Å². The number of halogens is 2. The molecule has 1 amide bonds. The minimum absolute atomic E-state index is 0.0526. The molecule has 0 atom stereocenters. The van der Waals surface area contributed by atoms with Crippen molar-refractivity contribution in [3.63, 3.8) is 0 Å². The molecule has 0 radical (unpaired) electrons. The van der Waals surface area contributed by atoms with Crippen molar-refractivity contribution >= 4 is 33.0 Å². The number of nitrogens with zero attached hydrogens (tertiary/aromatic N) is 8. The largest absolute Gasteiger partial charge is 0.345 e. The number of nitrogens with one attached hydrogen (secondary N) is 1. The van der Waals surface area contributed by atoms with Crippen LogP contribution in [-0.4, -0.2) is 44.9 Å². The lowest BCUT2D eigenvalue weighted by Crippen LogP contribution is -2.23. The van der Waals surface area contributed by atoms with Gasteiger partial charge in [0.15, 0.2) is 17.2 Å². The molecular weight excluding hydrogens is 493 g/mol. The van der Waals surface area contributed by atoms with Crippen LogP contribution in [0.1, 0.15) is 46.3 Å². The Balaban J connectivity index is 1.14. The molecule has 5 aromatic rings. The van der Waals surface area contributed by atoms with Crippen molar-refractivity contribution in [2.24, 2.45) is 0 Å². The Morgan fingerprint density at radius 1 is 1.24 bits per heavy atom. The van der Waals surface area contributed by atoms with Crippen molar-refractivity contribution < 1.29 is 9.18 Å². The number of fused-ring (bicyclic) bond motifs is 2. The van der Waals surface area contributed by atoms with Gasteiger partial charge in [-0.25, -0.2) is 23.6 Å². The summed E-state index contributed by atoms with van der Waals surface area (Å²) < 4.78 is 19.6. The molecule has 0 bridgehead atoms. The van der Waals surface area contributed by atoms with Crippen LogP contribution in [0.4, 0.5) is 4.39 Å². The van der Waals surface area contributed by atoms with E-state index < -0.39 is 11.7 Å². The SMILES string of the molecule is O=C(NCc1ncn2ccc(Br)c(F)c12)c1cn(Cc2cn3nc(C4CC4)ccc3n2)nn1. The molecule has 0 aliphatic heterocycles. The number of pyridine rings is 1. The fourth-order valence-corrected chi connectivity index (χ4v) is 4.04. The second kappa shape index (κ2) is 7.73. The number of carbonyl (C=O) groups excluding carboxylic acids is 1. The van der Waals surface area contributed by atoms with Crippen molar-refractivity contribution in [3.05, 3.63) is 76.2 Å². The molecule has 0 unspecified atom stereocenters. The first-order valence-corrected chi connectivity index (χ1v) is 11.2. The Morgan fingerprint density at radius 2 is 2.12 bits per heavy atom. The van der Waals surface area contributed by atoms with E-state index in [1.165, 1.54) is 19.2 Å². The lowest BCUT2D eigenvalue weighted by molar-refractivity contribution is 0.0945. The highest BCUT2D eigenvalue weighted by Crippen LogP contribution is 2.38. The smallest absolute Gasteiger partial charge is 0.273 e. The Morgan fingerprint density at radius 3 is 2.97 bits per heavy atom. The van der Waals surface area contributed by atoms with E-state index in [0.29, 0.717) is 28.1 Å². The zero-order valence-corrected chi connectivity index (χ0v) is 18.8. The van der Waals surface area contributed by atoms with Gasteiger partial charge in [0.05, 0.1) is 53.4 Å². The highest BCUT2D eigenvalue weighted by Gasteiger charge is 2.25. The summed E-state index contributed by atoms with van der Waals surface area (Å²) >= 11 is 3.17. The lowest BCUT2D eigenvalue weighted by Gasteiger charge is -2.03. The van der Waals surface area contributed by atoms with Crippen LogP contribution in [0.3, 0.4) is 0 Å². The molecule has 0 saturated heterocycles. The molecule has 1 aliphatic rings. The van der Waals surface area contributed by atoms with Gasteiger partial charge in [-0.05, 0) is 47.0 Å². The van der Waals surface area contributed by atoms with Crippen LogP contribution in [0.5, 0.6) is 0 Å². The molecule has 33 heavy (non-hydrogen) atoms. The Kier molecular flexibility index (Phi) is 4.68. The maximum atomic E-state index is 14.4. The maximum Gasteiger partial charge on any atom is 0.273 e. The summed E-state index contributed by atoms with van der Waals surface area (Å²) in [4.78, 5) is 21.3. The number of amides is 1. The minimum Gasteiger partial charge on any atom is -0.345 e. The molecule has 5 aromatic heterocycles. The summed E-state index contributed by atoms with van der Waals surface area (Å²) in [5, 5.41) is 15.3. The number of hydrogen-bond donors (Lipinski definition) is 1. The monoisotopic (exact) mass is 509 g/mol. The summed E-state index contributed by atoms with van der Waals surface area (Å²) in [7, 11) is 0. The van der Waals surface area contributed by atoms with Gasteiger partial charge in [0.1, 0.15) is 5.52 Å². The molecule has 0 aromatic carbocycles. The quantitative estimate of drug-likeness (QED) is 0.377. The topological polar surface area (TPSA) is 107 Å². The van der Waals surface area contributed by atoms with E-state index >= 15 is 0 Å². The number of aromatic nitrogens is 8. The Labute approximate surface area is 194 Å². The van der Waals surface area contributed by atoms with Gasteiger partial charge in [-0.2, -0.15) is 5.10 Å². The summed E-state index contributed by atoms with van der Waals surface area (Å²) in [5.74, 6) is -0.297. The number of carbonyl (C=O) groups is 1. The van der Waals surface area contributed by atoms with E-state index in [4.69, 9.17) is 0 Å². The number of rotatable bonds is 6. The first kappa shape index (κ1) is 20.0. The summed E-state index contributed by atoms with van der Waals surface area (Å²) in [6.07, 6.45) is 8.97. The first-order chi connectivity index (χ1) is 16.0. The van der Waals surface area contributed by atoms with Crippen molar-refractivity contribution in [1.29, 1.82) is 0 Å². The average Bonchev–Trinajstić information content (AvgIpc) is 3.23. The Hall–Kier alpha value is -3.67. The third kappa shape index (κ3) is 3.75. The van der Waals surface area contributed by atoms with Crippen molar-refractivity contribution in [2.45, 2.75) is 31.8 Å². The molecule has 1 aliphatic carbocycles. The summed E-state index contributed by atoms with van der Waals surface area (Å²) in [6, 6.07) is 5.58. The minimum atomic E-state index is -0.434. The zero-order chi connectivity index (χ0) is 22.5. The first-order valence-electron chi connectivity index (χ1n) is 10.4. The van der Waals surface area contributed by atoms with Crippen LogP contribution in [-0.2, 0) is 13.1 Å². The van der Waals surface area contributed by atoms with Crippen LogP contribution in [0, 0.1) is 5.82 Å².